The molecule has 23 nitrogen and oxygen atoms in total. The number of hydrogen-bond donors (Lipinski definition) is 14. The van der Waals surface area contributed by atoms with Crippen LogP contribution < -0.4 is 26.3 Å². The van der Waals surface area contributed by atoms with Gasteiger partial charge >= 0.3 is 0 Å². The second-order valence-corrected chi connectivity index (χ2v) is 17.8. The lowest BCUT2D eigenvalue weighted by atomic mass is 10.0. The number of carbonyl (C=O) groups is 7. The summed E-state index contributed by atoms with van der Waals surface area (Å²) in [5.41, 5.74) is -0.411. The van der Waals surface area contributed by atoms with E-state index in [2.05, 4.69) is 69.1 Å². The first-order chi connectivity index (χ1) is 33.0. The van der Waals surface area contributed by atoms with Crippen molar-refractivity contribution in [3.8, 4) is 0 Å². The van der Waals surface area contributed by atoms with Crippen LogP contribution >= 0.6 is 47.8 Å². The van der Waals surface area contributed by atoms with Gasteiger partial charge in [-0.2, -0.15) is 5.01 Å². The van der Waals surface area contributed by atoms with E-state index in [1.807, 2.05) is 0 Å². The van der Waals surface area contributed by atoms with Gasteiger partial charge in [0.2, 0.25) is 5.91 Å². The molecule has 8 unspecified atom stereocenters. The minimum absolute atomic E-state index is 0.0278. The third-order valence-corrected chi connectivity index (χ3v) is 13.0. The minimum atomic E-state index is -2.06. The van der Waals surface area contributed by atoms with E-state index in [0.29, 0.717) is 0 Å². The number of hydrazine groups is 1. The maximum Gasteiger partial charge on any atom is 0.281 e. The number of fused-ring (bicyclic) bond motifs is 1. The zero-order valence-corrected chi connectivity index (χ0v) is 41.0. The summed E-state index contributed by atoms with van der Waals surface area (Å²) in [7, 11) is 0. The summed E-state index contributed by atoms with van der Waals surface area (Å²) in [4.78, 5) is 93.4. The molecule has 8 atom stereocenters. The first kappa shape index (κ1) is 55.3. The molecule has 374 valence electrons. The van der Waals surface area contributed by atoms with Crippen LogP contribution in [0.4, 0.5) is 17.1 Å². The van der Waals surface area contributed by atoms with Gasteiger partial charge in [0, 0.05) is 41.3 Å². The van der Waals surface area contributed by atoms with Crippen LogP contribution in [0.25, 0.3) is 0 Å². The smallest absolute Gasteiger partial charge is 0.281 e. The average molecular weight is 1170 g/mol. The molecule has 0 aliphatic carbocycles. The van der Waals surface area contributed by atoms with Crippen molar-refractivity contribution in [3.63, 3.8) is 0 Å². The SMILES string of the molecule is CC(=O)N(c1ccc(C(=O)Nc2ccc(C(=O)Nc3c(Br)c(C(=O)NCC(O)C(O)C(O)C(O)CO)c(Br)c(C(=O)NCC(O)C(O)C(O)C(O)CO)c3Br)cc2)cc1)N1C(=O)c2ccccc2C1=O. The molecule has 0 fully saturated rings. The van der Waals surface area contributed by atoms with Gasteiger partial charge in [0.1, 0.15) is 36.6 Å². The van der Waals surface area contributed by atoms with Gasteiger partial charge in [0.15, 0.2) is 0 Å². The van der Waals surface area contributed by atoms with Gasteiger partial charge in [-0.1, -0.05) is 12.1 Å². The number of benzene rings is 4. The van der Waals surface area contributed by atoms with Gasteiger partial charge < -0.3 is 72.3 Å². The van der Waals surface area contributed by atoms with Gasteiger partial charge in [-0.05, 0) is 108 Å². The number of halogens is 3. The van der Waals surface area contributed by atoms with Crippen LogP contribution in [-0.2, 0) is 4.79 Å². The Hall–Kier alpha value is -5.59. The van der Waals surface area contributed by atoms with Crippen molar-refractivity contribution < 1.29 is 84.6 Å². The summed E-state index contributed by atoms with van der Waals surface area (Å²) < 4.78 is -0.633. The number of anilines is 3. The van der Waals surface area contributed by atoms with E-state index >= 15 is 0 Å². The first-order valence-electron chi connectivity index (χ1n) is 20.6. The second-order valence-electron chi connectivity index (χ2n) is 15.4. The maximum absolute atomic E-state index is 13.8. The number of rotatable bonds is 20. The molecule has 7 amide bonds. The normalized spacial score (nSPS) is 15.7. The Morgan fingerprint density at radius 3 is 1.33 bits per heavy atom. The number of carbonyl (C=O) groups excluding carboxylic acids is 7. The van der Waals surface area contributed by atoms with Crippen molar-refractivity contribution in [1.82, 2.24) is 15.6 Å². The fraction of sp³-hybridized carbons (Fsp3) is 0.295. The van der Waals surface area contributed by atoms with Crippen molar-refractivity contribution in [1.29, 1.82) is 0 Å². The molecule has 0 bridgehead atoms. The van der Waals surface area contributed by atoms with Crippen LogP contribution in [0.5, 0.6) is 0 Å². The van der Waals surface area contributed by atoms with Crippen molar-refractivity contribution in [3.05, 3.63) is 120 Å². The van der Waals surface area contributed by atoms with Crippen LogP contribution in [0.1, 0.15) is 69.1 Å². The summed E-state index contributed by atoms with van der Waals surface area (Å²) >= 11 is 9.71. The molecular formula is C44H45Br3N6O17. The molecule has 4 aromatic rings. The molecule has 0 aromatic heterocycles. The van der Waals surface area contributed by atoms with E-state index in [4.69, 9.17) is 10.2 Å². The Balaban J connectivity index is 1.35. The molecular weight excluding hydrogens is 1120 g/mol. The third kappa shape index (κ3) is 12.1. The number of aliphatic hydroxyl groups excluding tert-OH is 10. The molecule has 26 heteroatoms. The number of aliphatic hydroxyl groups is 10. The average Bonchev–Trinajstić information content (AvgIpc) is 3.59. The van der Waals surface area contributed by atoms with Gasteiger partial charge in [-0.3, -0.25) is 33.6 Å². The largest absolute Gasteiger partial charge is 0.394 e. The van der Waals surface area contributed by atoms with Crippen LogP contribution in [0.3, 0.4) is 0 Å². The highest BCUT2D eigenvalue weighted by Gasteiger charge is 2.41. The Bertz CT molecular complexity index is 2540. The molecule has 0 saturated carbocycles. The second kappa shape index (κ2) is 24.0. The van der Waals surface area contributed by atoms with Crippen LogP contribution in [0, 0.1) is 0 Å². The van der Waals surface area contributed by atoms with Gasteiger partial charge in [-0.15, -0.1) is 0 Å². The van der Waals surface area contributed by atoms with Crippen molar-refractivity contribution >= 4 is 106 Å². The Morgan fingerprint density at radius 2 is 0.929 bits per heavy atom. The summed E-state index contributed by atoms with van der Waals surface area (Å²) in [6.45, 7) is -2.32. The number of imide groups is 1. The molecule has 4 aromatic carbocycles. The van der Waals surface area contributed by atoms with E-state index in [9.17, 15) is 74.4 Å². The maximum atomic E-state index is 13.8. The molecule has 70 heavy (non-hydrogen) atoms. The Morgan fingerprint density at radius 1 is 0.543 bits per heavy atom. The van der Waals surface area contributed by atoms with Gasteiger partial charge in [0.25, 0.3) is 35.4 Å². The third-order valence-electron chi connectivity index (χ3n) is 10.7. The number of nitrogens with zero attached hydrogens (tertiary/aromatic N) is 2. The highest BCUT2D eigenvalue weighted by atomic mass is 79.9. The minimum Gasteiger partial charge on any atom is -0.394 e. The molecule has 1 aliphatic heterocycles. The zero-order chi connectivity index (χ0) is 51.9. The molecule has 5 rings (SSSR count). The van der Waals surface area contributed by atoms with Gasteiger partial charge in [-0.25, -0.2) is 5.01 Å². The lowest BCUT2D eigenvalue weighted by Gasteiger charge is -2.28. The van der Waals surface area contributed by atoms with Crippen LogP contribution in [0.15, 0.2) is 86.2 Å². The van der Waals surface area contributed by atoms with Crippen molar-refractivity contribution in [2.24, 2.45) is 0 Å². The summed E-state index contributed by atoms with van der Waals surface area (Å²) in [6, 6.07) is 16.9. The molecule has 1 aliphatic rings. The van der Waals surface area contributed by atoms with Gasteiger partial charge in [0.05, 0.1) is 68.0 Å². The number of amides is 7. The lowest BCUT2D eigenvalue weighted by molar-refractivity contribution is -0.118. The first-order valence-corrected chi connectivity index (χ1v) is 23.0. The standard InChI is InChI=1S/C44H45Br3N6O17/c1-18(56)52(53-43(69)23-4-2-3-5-24(23)44(53)70)22-12-8-20(9-13-22)39(65)50-21-10-6-19(7-11-21)40(66)51-34-32(46)29(41(67)48-14-25(57)35(61)37(63)27(59)16-54)31(45)30(33(34)47)42(68)49-15-26(58)36(62)38(64)28(60)17-55/h2-13,25-28,35-38,54-55,57-64H,14-17H2,1H3,(H,48,67)(H,49,68)(H,50,65)(H,51,66). The highest BCUT2D eigenvalue weighted by Crippen LogP contribution is 2.43. The Labute approximate surface area is 421 Å². The molecule has 1 heterocycles. The summed E-state index contributed by atoms with van der Waals surface area (Å²) in [5, 5.41) is 110. The van der Waals surface area contributed by atoms with E-state index in [1.54, 1.807) is 12.1 Å². The fourth-order valence-corrected chi connectivity index (χ4v) is 9.66. The monoisotopic (exact) mass is 1170 g/mol. The zero-order valence-electron chi connectivity index (χ0n) is 36.2. The summed E-state index contributed by atoms with van der Waals surface area (Å²) in [5.74, 6) is -5.65. The van der Waals surface area contributed by atoms with E-state index in [-0.39, 0.29) is 52.7 Å². The van der Waals surface area contributed by atoms with Crippen molar-refractivity contribution in [2.75, 3.05) is 41.9 Å². The number of nitrogens with one attached hydrogen (secondary N) is 4. The molecule has 0 spiro atoms. The molecule has 0 saturated heterocycles. The molecule has 14 N–H and O–H groups in total. The quantitative estimate of drug-likeness (QED) is 0.0490. The Kier molecular flexibility index (Phi) is 19.0. The topological polar surface area (TPSA) is 376 Å². The van der Waals surface area contributed by atoms with E-state index in [1.165, 1.54) is 67.6 Å². The van der Waals surface area contributed by atoms with Crippen molar-refractivity contribution in [2.45, 2.75) is 55.8 Å². The summed E-state index contributed by atoms with van der Waals surface area (Å²) in [6.07, 6.45) is -15.7. The van der Waals surface area contributed by atoms with E-state index in [0.717, 1.165) is 10.0 Å². The predicted molar refractivity (Wildman–Crippen MR) is 255 cm³/mol. The van der Waals surface area contributed by atoms with E-state index < -0.39 is 128 Å². The van der Waals surface area contributed by atoms with Crippen LogP contribution in [-0.4, -0.2) is 173 Å². The van der Waals surface area contributed by atoms with Crippen LogP contribution in [0.2, 0.25) is 0 Å². The fourth-order valence-electron chi connectivity index (χ4n) is 6.76. The lowest BCUT2D eigenvalue weighted by Crippen LogP contribution is -2.49. The highest BCUT2D eigenvalue weighted by molar-refractivity contribution is 9.11. The molecule has 0 radical (unpaired) electrons. The predicted octanol–water partition coefficient (Wildman–Crippen LogP) is -0.626. The number of hydrogen-bond acceptors (Lipinski definition) is 17.